The standard InChI is InChI=1S/C15H18N2O3S/c1-10-5-4-6-11(7-10)8-17(2)15-16-12(9-20-3)13(21-15)14(18)19/h4-7H,8-9H2,1-3H3,(H,18,19). The minimum Gasteiger partial charge on any atom is -0.477 e. The third-order valence-corrected chi connectivity index (χ3v) is 4.19. The Morgan fingerprint density at radius 2 is 2.24 bits per heavy atom. The molecule has 0 aliphatic rings. The number of carbonyl (C=O) groups is 1. The Hall–Kier alpha value is -1.92. The first kappa shape index (κ1) is 15.5. The zero-order valence-corrected chi connectivity index (χ0v) is 13.1. The molecular weight excluding hydrogens is 288 g/mol. The van der Waals surface area contributed by atoms with Crippen molar-refractivity contribution in [2.24, 2.45) is 0 Å². The van der Waals surface area contributed by atoms with Crippen LogP contribution < -0.4 is 4.90 Å². The van der Waals surface area contributed by atoms with Gasteiger partial charge in [-0.05, 0) is 12.5 Å². The molecule has 1 aromatic carbocycles. The van der Waals surface area contributed by atoms with Crippen LogP contribution in [0.25, 0.3) is 0 Å². The smallest absolute Gasteiger partial charge is 0.347 e. The van der Waals surface area contributed by atoms with Gasteiger partial charge < -0.3 is 14.7 Å². The molecule has 2 rings (SSSR count). The van der Waals surface area contributed by atoms with Crippen molar-refractivity contribution in [3.63, 3.8) is 0 Å². The average Bonchev–Trinajstić information content (AvgIpc) is 2.83. The Morgan fingerprint density at radius 3 is 2.86 bits per heavy atom. The second kappa shape index (κ2) is 6.69. The normalized spacial score (nSPS) is 10.6. The summed E-state index contributed by atoms with van der Waals surface area (Å²) in [5, 5.41) is 9.89. The summed E-state index contributed by atoms with van der Waals surface area (Å²) in [7, 11) is 3.44. The number of hydrogen-bond acceptors (Lipinski definition) is 5. The van der Waals surface area contributed by atoms with E-state index >= 15 is 0 Å². The summed E-state index contributed by atoms with van der Waals surface area (Å²) in [5.41, 5.74) is 2.84. The largest absolute Gasteiger partial charge is 0.477 e. The van der Waals surface area contributed by atoms with Crippen LogP contribution in [0.15, 0.2) is 24.3 Å². The molecule has 0 aliphatic carbocycles. The highest BCUT2D eigenvalue weighted by Gasteiger charge is 2.19. The van der Waals surface area contributed by atoms with Gasteiger partial charge >= 0.3 is 5.97 Å². The second-order valence-electron chi connectivity index (χ2n) is 4.86. The number of anilines is 1. The second-order valence-corrected chi connectivity index (χ2v) is 5.83. The monoisotopic (exact) mass is 306 g/mol. The molecule has 1 heterocycles. The first-order chi connectivity index (χ1) is 10.0. The molecule has 5 nitrogen and oxygen atoms in total. The van der Waals surface area contributed by atoms with E-state index in [-0.39, 0.29) is 11.5 Å². The average molecular weight is 306 g/mol. The topological polar surface area (TPSA) is 62.7 Å². The van der Waals surface area contributed by atoms with E-state index in [1.54, 1.807) is 0 Å². The lowest BCUT2D eigenvalue weighted by molar-refractivity contribution is 0.0697. The van der Waals surface area contributed by atoms with Gasteiger partial charge in [-0.3, -0.25) is 0 Å². The van der Waals surface area contributed by atoms with Crippen molar-refractivity contribution in [2.45, 2.75) is 20.1 Å². The Balaban J connectivity index is 2.20. The van der Waals surface area contributed by atoms with Crippen LogP contribution in [0, 0.1) is 6.92 Å². The number of aromatic carboxylic acids is 1. The third kappa shape index (κ3) is 3.80. The Morgan fingerprint density at radius 1 is 1.48 bits per heavy atom. The number of aromatic nitrogens is 1. The maximum atomic E-state index is 11.2. The van der Waals surface area contributed by atoms with Gasteiger partial charge in [0.25, 0.3) is 0 Å². The van der Waals surface area contributed by atoms with Crippen molar-refractivity contribution >= 4 is 22.4 Å². The number of ether oxygens (including phenoxy) is 1. The van der Waals surface area contributed by atoms with E-state index in [1.807, 2.05) is 37.1 Å². The fourth-order valence-electron chi connectivity index (χ4n) is 2.06. The first-order valence-corrected chi connectivity index (χ1v) is 7.31. The van der Waals surface area contributed by atoms with Gasteiger partial charge in [0.2, 0.25) is 0 Å². The van der Waals surface area contributed by atoms with Gasteiger partial charge in [-0.15, -0.1) is 0 Å². The lowest BCUT2D eigenvalue weighted by Crippen LogP contribution is -2.16. The van der Waals surface area contributed by atoms with Crippen LogP contribution >= 0.6 is 11.3 Å². The molecule has 21 heavy (non-hydrogen) atoms. The number of hydrogen-bond donors (Lipinski definition) is 1. The van der Waals surface area contributed by atoms with Gasteiger partial charge in [-0.25, -0.2) is 9.78 Å². The van der Waals surface area contributed by atoms with Crippen LogP contribution in [0.5, 0.6) is 0 Å². The van der Waals surface area contributed by atoms with Gasteiger partial charge in [0.15, 0.2) is 5.13 Å². The van der Waals surface area contributed by atoms with Crippen LogP contribution in [0.1, 0.15) is 26.5 Å². The highest BCUT2D eigenvalue weighted by atomic mass is 32.1. The van der Waals surface area contributed by atoms with Crippen molar-refractivity contribution in [3.8, 4) is 0 Å². The molecule has 2 aromatic rings. The van der Waals surface area contributed by atoms with Crippen molar-refractivity contribution in [2.75, 3.05) is 19.1 Å². The van der Waals surface area contributed by atoms with Crippen LogP contribution in [0.3, 0.4) is 0 Å². The van der Waals surface area contributed by atoms with Crippen molar-refractivity contribution in [1.29, 1.82) is 0 Å². The van der Waals surface area contributed by atoms with E-state index in [4.69, 9.17) is 4.74 Å². The fraction of sp³-hybridized carbons (Fsp3) is 0.333. The van der Waals surface area contributed by atoms with E-state index in [0.29, 0.717) is 17.4 Å². The predicted molar refractivity (Wildman–Crippen MR) is 83.1 cm³/mol. The molecule has 0 unspecified atom stereocenters. The van der Waals surface area contributed by atoms with E-state index in [1.165, 1.54) is 24.0 Å². The molecule has 0 saturated heterocycles. The quantitative estimate of drug-likeness (QED) is 0.889. The van der Waals surface area contributed by atoms with E-state index in [2.05, 4.69) is 11.1 Å². The molecular formula is C15H18N2O3S. The zero-order valence-electron chi connectivity index (χ0n) is 12.3. The summed E-state index contributed by atoms with van der Waals surface area (Å²) < 4.78 is 5.01. The maximum Gasteiger partial charge on any atom is 0.347 e. The van der Waals surface area contributed by atoms with Crippen LogP contribution in [0.2, 0.25) is 0 Å². The van der Waals surface area contributed by atoms with Crippen molar-refractivity contribution in [1.82, 2.24) is 4.98 Å². The van der Waals surface area contributed by atoms with Gasteiger partial charge in [-0.2, -0.15) is 0 Å². The first-order valence-electron chi connectivity index (χ1n) is 6.50. The molecule has 0 spiro atoms. The van der Waals surface area contributed by atoms with Gasteiger partial charge in [0.1, 0.15) is 4.88 Å². The lowest BCUT2D eigenvalue weighted by Gasteiger charge is -2.15. The molecule has 0 atom stereocenters. The van der Waals surface area contributed by atoms with E-state index in [9.17, 15) is 9.90 Å². The number of aryl methyl sites for hydroxylation is 1. The number of carboxylic acid groups (broad SMARTS) is 1. The van der Waals surface area contributed by atoms with Crippen LogP contribution in [-0.2, 0) is 17.9 Å². The molecule has 6 heteroatoms. The molecule has 1 N–H and O–H groups in total. The fourth-order valence-corrected chi connectivity index (χ4v) is 2.92. The number of methoxy groups -OCH3 is 1. The van der Waals surface area contributed by atoms with Crippen molar-refractivity contribution < 1.29 is 14.6 Å². The Bertz CT molecular complexity index is 640. The molecule has 112 valence electrons. The van der Waals surface area contributed by atoms with Crippen LogP contribution in [-0.4, -0.2) is 30.2 Å². The van der Waals surface area contributed by atoms with E-state index in [0.717, 1.165) is 5.56 Å². The molecule has 1 aromatic heterocycles. The maximum absolute atomic E-state index is 11.2. The summed E-state index contributed by atoms with van der Waals surface area (Å²) in [6.07, 6.45) is 0. The van der Waals surface area contributed by atoms with E-state index < -0.39 is 5.97 Å². The SMILES string of the molecule is COCc1nc(N(C)Cc2cccc(C)c2)sc1C(=O)O. The number of carboxylic acids is 1. The highest BCUT2D eigenvalue weighted by Crippen LogP contribution is 2.27. The van der Waals surface area contributed by atoms with Crippen molar-refractivity contribution in [3.05, 3.63) is 46.0 Å². The molecule has 0 radical (unpaired) electrons. The Kier molecular flexibility index (Phi) is 4.93. The number of nitrogens with zero attached hydrogens (tertiary/aromatic N) is 2. The summed E-state index contributed by atoms with van der Waals surface area (Å²) >= 11 is 1.17. The van der Waals surface area contributed by atoms with Gasteiger partial charge in [-0.1, -0.05) is 41.2 Å². The summed E-state index contributed by atoms with van der Waals surface area (Å²) in [5.74, 6) is -0.963. The molecule has 0 aliphatic heterocycles. The number of rotatable bonds is 6. The summed E-state index contributed by atoms with van der Waals surface area (Å²) in [6, 6.07) is 8.22. The number of thiazole rings is 1. The number of benzene rings is 1. The van der Waals surface area contributed by atoms with Gasteiger partial charge in [0, 0.05) is 20.7 Å². The molecule has 0 saturated carbocycles. The predicted octanol–water partition coefficient (Wildman–Crippen LogP) is 2.93. The summed E-state index contributed by atoms with van der Waals surface area (Å²) in [4.78, 5) is 17.8. The molecule has 0 fully saturated rings. The lowest BCUT2D eigenvalue weighted by atomic mass is 10.1. The minimum absolute atomic E-state index is 0.205. The zero-order chi connectivity index (χ0) is 15.4. The van der Waals surface area contributed by atoms with Crippen LogP contribution in [0.4, 0.5) is 5.13 Å². The minimum atomic E-state index is -0.963. The summed E-state index contributed by atoms with van der Waals surface area (Å²) in [6.45, 7) is 2.93. The van der Waals surface area contributed by atoms with Gasteiger partial charge in [0.05, 0.1) is 12.3 Å². The molecule has 0 amide bonds. The Labute approximate surface area is 127 Å². The highest BCUT2D eigenvalue weighted by molar-refractivity contribution is 7.17. The third-order valence-electron chi connectivity index (χ3n) is 2.99. The molecule has 0 bridgehead atoms.